The van der Waals surface area contributed by atoms with Crippen LogP contribution in [0.15, 0.2) is 53.6 Å². The van der Waals surface area contributed by atoms with Crippen molar-refractivity contribution >= 4 is 34.7 Å². The molecule has 1 amide bonds. The molecule has 2 aromatic carbocycles. The van der Waals surface area contributed by atoms with Gasteiger partial charge in [0.2, 0.25) is 0 Å². The number of benzene rings is 2. The first-order chi connectivity index (χ1) is 10.7. The molecule has 2 rings (SSSR count). The molecule has 0 radical (unpaired) electrons. The van der Waals surface area contributed by atoms with Gasteiger partial charge in [-0.15, -0.1) is 0 Å². The lowest BCUT2D eigenvalue weighted by Crippen LogP contribution is -2.24. The average Bonchev–Trinajstić information content (AvgIpc) is 2.55. The van der Waals surface area contributed by atoms with Gasteiger partial charge in [0, 0.05) is 3.57 Å². The number of nitrogens with one attached hydrogen (secondary N) is 1. The molecular weight excluding hydrogens is 391 g/mol. The summed E-state index contributed by atoms with van der Waals surface area (Å²) in [7, 11) is 0. The van der Waals surface area contributed by atoms with Crippen LogP contribution in [0.1, 0.15) is 18.1 Å². The minimum absolute atomic E-state index is 0.0600. The molecule has 2 aromatic rings. The zero-order valence-corrected chi connectivity index (χ0v) is 14.4. The van der Waals surface area contributed by atoms with E-state index in [4.69, 9.17) is 4.74 Å². The summed E-state index contributed by atoms with van der Waals surface area (Å²) < 4.78 is 6.55. The fourth-order valence-corrected chi connectivity index (χ4v) is 2.09. The number of carbonyl (C=O) groups is 1. The van der Waals surface area contributed by atoms with Gasteiger partial charge in [-0.2, -0.15) is 5.10 Å². The molecule has 1 N–H and O–H groups in total. The van der Waals surface area contributed by atoms with Crippen LogP contribution in [0.3, 0.4) is 0 Å². The van der Waals surface area contributed by atoms with Crippen molar-refractivity contribution in [3.05, 3.63) is 63.2 Å². The summed E-state index contributed by atoms with van der Waals surface area (Å²) in [6.07, 6.45) is 2.58. The summed E-state index contributed by atoms with van der Waals surface area (Å²) in [5.41, 5.74) is 4.60. The van der Waals surface area contributed by atoms with Crippen LogP contribution in [0.2, 0.25) is 0 Å². The van der Waals surface area contributed by atoms with Crippen LogP contribution >= 0.6 is 22.6 Å². The number of amides is 1. The second-order valence-electron chi connectivity index (χ2n) is 4.63. The Morgan fingerprint density at radius 1 is 1.18 bits per heavy atom. The molecule has 0 aliphatic rings. The molecule has 5 heteroatoms. The van der Waals surface area contributed by atoms with E-state index in [1.54, 1.807) is 6.21 Å². The van der Waals surface area contributed by atoms with Crippen LogP contribution in [0.25, 0.3) is 0 Å². The van der Waals surface area contributed by atoms with Gasteiger partial charge in [0.05, 0.1) is 6.21 Å². The standard InChI is InChI=1S/C17H17IN2O2/c1-2-13-5-9-16(10-6-13)22-12-17(21)20-19-11-14-3-7-15(18)8-4-14/h3-11H,2,12H2,1H3,(H,20,21). The van der Waals surface area contributed by atoms with Gasteiger partial charge in [0.15, 0.2) is 6.61 Å². The summed E-state index contributed by atoms with van der Waals surface area (Å²) in [6, 6.07) is 15.5. The zero-order chi connectivity index (χ0) is 15.8. The number of carbonyl (C=O) groups excluding carboxylic acids is 1. The van der Waals surface area contributed by atoms with Crippen molar-refractivity contribution in [1.82, 2.24) is 5.43 Å². The molecule has 0 aromatic heterocycles. The number of halogens is 1. The Morgan fingerprint density at radius 3 is 2.50 bits per heavy atom. The van der Waals surface area contributed by atoms with Crippen LogP contribution in [-0.4, -0.2) is 18.7 Å². The molecule has 0 unspecified atom stereocenters. The van der Waals surface area contributed by atoms with E-state index in [2.05, 4.69) is 40.0 Å². The van der Waals surface area contributed by atoms with Gasteiger partial charge in [-0.1, -0.05) is 31.2 Å². The van der Waals surface area contributed by atoms with Crippen LogP contribution in [0.4, 0.5) is 0 Å². The molecule has 0 heterocycles. The Morgan fingerprint density at radius 2 is 1.86 bits per heavy atom. The van der Waals surface area contributed by atoms with Gasteiger partial charge in [-0.3, -0.25) is 4.79 Å². The summed E-state index contributed by atoms with van der Waals surface area (Å²) in [6.45, 7) is 2.03. The Kier molecular flexibility index (Phi) is 6.39. The molecule has 0 aliphatic heterocycles. The van der Waals surface area contributed by atoms with Crippen molar-refractivity contribution in [2.24, 2.45) is 5.10 Å². The van der Waals surface area contributed by atoms with Crippen LogP contribution in [0, 0.1) is 3.57 Å². The van der Waals surface area contributed by atoms with E-state index in [9.17, 15) is 4.79 Å². The first-order valence-corrected chi connectivity index (χ1v) is 8.04. The van der Waals surface area contributed by atoms with Gasteiger partial charge in [0.1, 0.15) is 5.75 Å². The summed E-state index contributed by atoms with van der Waals surface area (Å²) in [4.78, 5) is 11.6. The van der Waals surface area contributed by atoms with E-state index in [-0.39, 0.29) is 12.5 Å². The molecule has 0 saturated carbocycles. The van der Waals surface area contributed by atoms with E-state index < -0.39 is 0 Å². The summed E-state index contributed by atoms with van der Waals surface area (Å²) in [5, 5.41) is 3.90. The molecule has 4 nitrogen and oxygen atoms in total. The number of nitrogens with zero attached hydrogens (tertiary/aromatic N) is 1. The van der Waals surface area contributed by atoms with Crippen LogP contribution < -0.4 is 10.2 Å². The molecule has 22 heavy (non-hydrogen) atoms. The van der Waals surface area contributed by atoms with E-state index in [1.807, 2.05) is 48.5 Å². The second-order valence-corrected chi connectivity index (χ2v) is 5.88. The summed E-state index contributed by atoms with van der Waals surface area (Å²) >= 11 is 2.23. The lowest BCUT2D eigenvalue weighted by molar-refractivity contribution is -0.123. The normalized spacial score (nSPS) is 10.6. The SMILES string of the molecule is CCc1ccc(OCC(=O)NN=Cc2ccc(I)cc2)cc1. The second kappa shape index (κ2) is 8.53. The Labute approximate surface area is 143 Å². The van der Waals surface area contributed by atoms with Gasteiger partial charge in [0.25, 0.3) is 5.91 Å². The molecule has 0 spiro atoms. The fourth-order valence-electron chi connectivity index (χ4n) is 1.73. The highest BCUT2D eigenvalue weighted by Gasteiger charge is 2.01. The largest absolute Gasteiger partial charge is 0.484 e. The van der Waals surface area contributed by atoms with Crippen molar-refractivity contribution in [3.8, 4) is 5.75 Å². The quantitative estimate of drug-likeness (QED) is 0.453. The average molecular weight is 408 g/mol. The monoisotopic (exact) mass is 408 g/mol. The van der Waals surface area contributed by atoms with Crippen molar-refractivity contribution in [2.75, 3.05) is 6.61 Å². The highest BCUT2D eigenvalue weighted by Crippen LogP contribution is 2.12. The van der Waals surface area contributed by atoms with Crippen molar-refractivity contribution in [2.45, 2.75) is 13.3 Å². The maximum atomic E-state index is 11.6. The van der Waals surface area contributed by atoms with Gasteiger partial charge >= 0.3 is 0 Å². The maximum absolute atomic E-state index is 11.6. The molecule has 0 aliphatic carbocycles. The molecule has 0 saturated heterocycles. The predicted molar refractivity (Wildman–Crippen MR) is 96.2 cm³/mol. The Bertz CT molecular complexity index is 637. The summed E-state index contributed by atoms with van der Waals surface area (Å²) in [5.74, 6) is 0.385. The zero-order valence-electron chi connectivity index (χ0n) is 12.3. The number of hydrogen-bond donors (Lipinski definition) is 1. The lowest BCUT2D eigenvalue weighted by atomic mass is 10.2. The molecule has 114 valence electrons. The molecule has 0 bridgehead atoms. The van der Waals surface area contributed by atoms with Crippen LogP contribution in [-0.2, 0) is 11.2 Å². The van der Waals surface area contributed by atoms with E-state index in [0.717, 1.165) is 15.6 Å². The highest BCUT2D eigenvalue weighted by molar-refractivity contribution is 14.1. The smallest absolute Gasteiger partial charge is 0.277 e. The third-order valence-electron chi connectivity index (χ3n) is 2.97. The molecular formula is C17H17IN2O2. The topological polar surface area (TPSA) is 50.7 Å². The molecule has 0 fully saturated rings. The first-order valence-electron chi connectivity index (χ1n) is 6.96. The van der Waals surface area contributed by atoms with Gasteiger partial charge in [-0.25, -0.2) is 5.43 Å². The number of aryl methyl sites for hydroxylation is 1. The lowest BCUT2D eigenvalue weighted by Gasteiger charge is -2.05. The Hall–Kier alpha value is -1.89. The van der Waals surface area contributed by atoms with Gasteiger partial charge in [-0.05, 0) is 64.4 Å². The minimum atomic E-state index is -0.290. The first kappa shape index (κ1) is 16.5. The van der Waals surface area contributed by atoms with E-state index >= 15 is 0 Å². The van der Waals surface area contributed by atoms with Gasteiger partial charge < -0.3 is 4.74 Å². The fraction of sp³-hybridized carbons (Fsp3) is 0.176. The number of hydrazone groups is 1. The highest BCUT2D eigenvalue weighted by atomic mass is 127. The van der Waals surface area contributed by atoms with Crippen molar-refractivity contribution < 1.29 is 9.53 Å². The third-order valence-corrected chi connectivity index (χ3v) is 3.69. The minimum Gasteiger partial charge on any atom is -0.484 e. The molecule has 0 atom stereocenters. The predicted octanol–water partition coefficient (Wildman–Crippen LogP) is 3.38. The maximum Gasteiger partial charge on any atom is 0.277 e. The van der Waals surface area contributed by atoms with E-state index in [0.29, 0.717) is 5.75 Å². The number of hydrogen-bond acceptors (Lipinski definition) is 3. The van der Waals surface area contributed by atoms with Crippen LogP contribution in [0.5, 0.6) is 5.75 Å². The third kappa shape index (κ3) is 5.48. The Balaban J connectivity index is 1.76. The number of rotatable bonds is 6. The van der Waals surface area contributed by atoms with E-state index in [1.165, 1.54) is 5.56 Å². The van der Waals surface area contributed by atoms with Crippen molar-refractivity contribution in [1.29, 1.82) is 0 Å². The van der Waals surface area contributed by atoms with Crippen molar-refractivity contribution in [3.63, 3.8) is 0 Å². The number of ether oxygens (including phenoxy) is 1.